The summed E-state index contributed by atoms with van der Waals surface area (Å²) in [7, 11) is -3.89. The number of hydrogen-bond acceptors (Lipinski definition) is 8. The van der Waals surface area contributed by atoms with Crippen molar-refractivity contribution >= 4 is 50.7 Å². The highest BCUT2D eigenvalue weighted by atomic mass is 32.2. The fourth-order valence-electron chi connectivity index (χ4n) is 6.44. The van der Waals surface area contributed by atoms with Crippen LogP contribution in [0.3, 0.4) is 0 Å². The van der Waals surface area contributed by atoms with Crippen LogP contribution in [0.25, 0.3) is 11.0 Å². The second-order valence-electron chi connectivity index (χ2n) is 14.7. The minimum atomic E-state index is -3.89. The summed E-state index contributed by atoms with van der Waals surface area (Å²) < 4.78 is 28.7. The van der Waals surface area contributed by atoms with Crippen LogP contribution in [0.4, 0.5) is 4.79 Å². The van der Waals surface area contributed by atoms with Crippen LogP contribution in [-0.2, 0) is 29.2 Å². The van der Waals surface area contributed by atoms with E-state index >= 15 is 0 Å². The maximum Gasteiger partial charge on any atom is 0.327 e. The molecule has 6 rings (SSSR count). The standard InChI is InChI=1S/C33H43N7O7S/c1-5-21-17-33(21,30(44)38-48(46,47)23-10-11-23)37-28(42)24-16-22(35-31(45)39-14-12-20-7-6-13-34-27(20)39)18-40(24)29(43)26(32(2,3)4)36-25(41)15-19-8-9-19/h5-7,12-14,19,21-24,26H,1,8-11,15-18H2,2-4H3,(H,35,45)(H,36,41)(H,37,42)(H,38,44)/t21?,22-,24+,26-,33?/m1/s1. The summed E-state index contributed by atoms with van der Waals surface area (Å²) in [5, 5.41) is 8.69. The first-order valence-electron chi connectivity index (χ1n) is 16.5. The molecule has 4 aliphatic rings. The molecular weight excluding hydrogens is 638 g/mol. The zero-order valence-corrected chi connectivity index (χ0v) is 28.2. The Morgan fingerprint density at radius 3 is 2.48 bits per heavy atom. The number of fused-ring (bicyclic) bond motifs is 1. The summed E-state index contributed by atoms with van der Waals surface area (Å²) in [6.07, 6.45) is 7.96. The van der Waals surface area contributed by atoms with Crippen molar-refractivity contribution in [1.82, 2.24) is 35.1 Å². The van der Waals surface area contributed by atoms with E-state index in [2.05, 4.69) is 32.2 Å². The van der Waals surface area contributed by atoms with Gasteiger partial charge in [-0.15, -0.1) is 6.58 Å². The first kappa shape index (κ1) is 33.6. The molecular formula is C33H43N7O7S. The van der Waals surface area contributed by atoms with Gasteiger partial charge in [-0.05, 0) is 68.1 Å². The highest BCUT2D eigenvalue weighted by Crippen LogP contribution is 2.45. The van der Waals surface area contributed by atoms with Crippen molar-refractivity contribution < 1.29 is 32.4 Å². The monoisotopic (exact) mass is 681 g/mol. The van der Waals surface area contributed by atoms with E-state index in [9.17, 15) is 32.4 Å². The number of carbonyl (C=O) groups is 5. The van der Waals surface area contributed by atoms with Crippen LogP contribution in [0.2, 0.25) is 0 Å². The second-order valence-corrected chi connectivity index (χ2v) is 16.6. The Balaban J connectivity index is 1.25. The van der Waals surface area contributed by atoms with E-state index in [-0.39, 0.29) is 25.3 Å². The van der Waals surface area contributed by atoms with Crippen LogP contribution >= 0.6 is 0 Å². The number of sulfonamides is 1. The second kappa shape index (κ2) is 12.3. The molecule has 3 heterocycles. The average Bonchev–Trinajstić information content (AvgIpc) is 3.96. The quantitative estimate of drug-likeness (QED) is 0.257. The van der Waals surface area contributed by atoms with Crippen LogP contribution in [0, 0.1) is 17.3 Å². The Bertz CT molecular complexity index is 1780. The summed E-state index contributed by atoms with van der Waals surface area (Å²) >= 11 is 0. The molecule has 1 saturated heterocycles. The van der Waals surface area contributed by atoms with Crippen molar-refractivity contribution in [3.63, 3.8) is 0 Å². The molecule has 3 saturated carbocycles. The molecule has 48 heavy (non-hydrogen) atoms. The van der Waals surface area contributed by atoms with E-state index in [4.69, 9.17) is 0 Å². The maximum absolute atomic E-state index is 14.3. The van der Waals surface area contributed by atoms with Gasteiger partial charge < -0.3 is 20.9 Å². The zero-order valence-electron chi connectivity index (χ0n) is 27.4. The van der Waals surface area contributed by atoms with Gasteiger partial charge in [-0.1, -0.05) is 26.8 Å². The van der Waals surface area contributed by atoms with Gasteiger partial charge in [-0.2, -0.15) is 0 Å². The van der Waals surface area contributed by atoms with Crippen molar-refractivity contribution in [2.75, 3.05) is 6.54 Å². The number of nitrogens with zero attached hydrogens (tertiary/aromatic N) is 3. The highest BCUT2D eigenvalue weighted by molar-refractivity contribution is 7.91. The highest BCUT2D eigenvalue weighted by Gasteiger charge is 2.62. The molecule has 5 amide bonds. The number of amides is 5. The zero-order chi connectivity index (χ0) is 34.6. The van der Waals surface area contributed by atoms with E-state index in [1.54, 1.807) is 24.5 Å². The third-order valence-corrected chi connectivity index (χ3v) is 11.5. The molecule has 2 aromatic rings. The first-order chi connectivity index (χ1) is 22.6. The van der Waals surface area contributed by atoms with Gasteiger partial charge in [0.05, 0.1) is 11.3 Å². The molecule has 4 N–H and O–H groups in total. The fourth-order valence-corrected chi connectivity index (χ4v) is 7.81. The molecule has 3 aliphatic carbocycles. The van der Waals surface area contributed by atoms with Gasteiger partial charge in [0, 0.05) is 36.7 Å². The van der Waals surface area contributed by atoms with E-state index in [1.807, 2.05) is 26.8 Å². The summed E-state index contributed by atoms with van der Waals surface area (Å²) in [4.78, 5) is 73.7. The number of carbonyl (C=O) groups excluding carboxylic acids is 5. The maximum atomic E-state index is 14.3. The van der Waals surface area contributed by atoms with Gasteiger partial charge in [0.2, 0.25) is 27.7 Å². The van der Waals surface area contributed by atoms with Gasteiger partial charge >= 0.3 is 6.03 Å². The molecule has 0 bridgehead atoms. The molecule has 14 nitrogen and oxygen atoms in total. The first-order valence-corrected chi connectivity index (χ1v) is 18.0. The predicted octanol–water partition coefficient (Wildman–Crippen LogP) is 1.56. The van der Waals surface area contributed by atoms with Crippen molar-refractivity contribution in [2.45, 2.75) is 94.6 Å². The number of likely N-dealkylation sites (tertiary alicyclic amines) is 1. The van der Waals surface area contributed by atoms with E-state index in [0.717, 1.165) is 18.2 Å². The van der Waals surface area contributed by atoms with Gasteiger partial charge in [0.15, 0.2) is 0 Å². The largest absolute Gasteiger partial charge is 0.344 e. The van der Waals surface area contributed by atoms with Crippen LogP contribution in [-0.4, -0.2) is 88.0 Å². The average molecular weight is 682 g/mol. The third kappa shape index (κ3) is 6.82. The van der Waals surface area contributed by atoms with E-state index in [1.165, 1.54) is 15.5 Å². The van der Waals surface area contributed by atoms with Crippen LogP contribution < -0.4 is 20.7 Å². The summed E-state index contributed by atoms with van der Waals surface area (Å²) in [5.74, 6) is -2.49. The number of hydrogen-bond donors (Lipinski definition) is 4. The summed E-state index contributed by atoms with van der Waals surface area (Å²) in [6.45, 7) is 9.16. The number of pyridine rings is 1. The molecule has 5 atom stereocenters. The smallest absolute Gasteiger partial charge is 0.327 e. The lowest BCUT2D eigenvalue weighted by atomic mass is 9.85. The van der Waals surface area contributed by atoms with Crippen molar-refractivity contribution in [3.8, 4) is 0 Å². The molecule has 258 valence electrons. The van der Waals surface area contributed by atoms with Crippen molar-refractivity contribution in [1.29, 1.82) is 0 Å². The summed E-state index contributed by atoms with van der Waals surface area (Å²) in [6, 6.07) is 2.05. The Labute approximate surface area is 279 Å². The number of nitrogens with one attached hydrogen (secondary N) is 4. The summed E-state index contributed by atoms with van der Waals surface area (Å²) in [5.41, 5.74) is -1.83. The molecule has 2 aromatic heterocycles. The van der Waals surface area contributed by atoms with Gasteiger partial charge in [0.25, 0.3) is 5.91 Å². The SMILES string of the molecule is C=CC1CC1(NC(=O)[C@@H]1C[C@@H](NC(=O)n2ccc3cccnc32)CN1C(=O)[C@@H](NC(=O)CC1CC1)C(C)(C)C)C(=O)NS(=O)(=O)C1CC1. The molecule has 1 aliphatic heterocycles. The van der Waals surface area contributed by atoms with Crippen LogP contribution in [0.5, 0.6) is 0 Å². The van der Waals surface area contributed by atoms with Crippen molar-refractivity contribution in [2.24, 2.45) is 17.3 Å². The molecule has 2 unspecified atom stereocenters. The lowest BCUT2D eigenvalue weighted by molar-refractivity contribution is -0.144. The van der Waals surface area contributed by atoms with Crippen molar-refractivity contribution in [3.05, 3.63) is 43.2 Å². The lowest BCUT2D eigenvalue weighted by Crippen LogP contribution is -2.60. The van der Waals surface area contributed by atoms with Gasteiger partial charge in [-0.3, -0.25) is 28.5 Å². The Morgan fingerprint density at radius 1 is 1.12 bits per heavy atom. The molecule has 0 radical (unpaired) electrons. The van der Waals surface area contributed by atoms with E-state index in [0.29, 0.717) is 30.8 Å². The minimum absolute atomic E-state index is 0.0135. The Morgan fingerprint density at radius 2 is 1.85 bits per heavy atom. The Kier molecular flexibility index (Phi) is 8.63. The fraction of sp³-hybridized carbons (Fsp3) is 0.576. The Hall–Kier alpha value is -4.27. The molecule has 15 heteroatoms. The normalized spacial score (nSPS) is 26.0. The number of rotatable bonds is 11. The molecule has 4 fully saturated rings. The van der Waals surface area contributed by atoms with Crippen LogP contribution in [0.15, 0.2) is 43.2 Å². The van der Waals surface area contributed by atoms with E-state index < -0.39 is 74.0 Å². The third-order valence-electron chi connectivity index (χ3n) is 9.72. The van der Waals surface area contributed by atoms with Gasteiger partial charge in [-0.25, -0.2) is 18.2 Å². The topological polar surface area (TPSA) is 189 Å². The minimum Gasteiger partial charge on any atom is -0.344 e. The van der Waals surface area contributed by atoms with Crippen LogP contribution in [0.1, 0.15) is 65.7 Å². The number of aromatic nitrogens is 2. The predicted molar refractivity (Wildman–Crippen MR) is 176 cm³/mol. The lowest BCUT2D eigenvalue weighted by Gasteiger charge is -2.35. The van der Waals surface area contributed by atoms with Gasteiger partial charge in [0.1, 0.15) is 23.3 Å². The molecule has 0 spiro atoms. The molecule has 0 aromatic carbocycles.